The third-order valence-corrected chi connectivity index (χ3v) is 7.16. The first-order valence-corrected chi connectivity index (χ1v) is 12.0. The Morgan fingerprint density at radius 3 is 2.49 bits per heavy atom. The van der Waals surface area contributed by atoms with Gasteiger partial charge in [-0.2, -0.15) is 18.3 Å². The van der Waals surface area contributed by atoms with Crippen molar-refractivity contribution in [1.29, 1.82) is 0 Å². The second-order valence-electron chi connectivity index (χ2n) is 9.07. The minimum absolute atomic E-state index is 0.0159. The van der Waals surface area contributed by atoms with Gasteiger partial charge in [-0.05, 0) is 42.9 Å². The molecule has 0 N–H and O–H groups in total. The maximum atomic E-state index is 13.4. The van der Waals surface area contributed by atoms with Gasteiger partial charge in [-0.15, -0.1) is 0 Å². The van der Waals surface area contributed by atoms with Gasteiger partial charge in [0.25, 0.3) is 0 Å². The number of aromatic nitrogens is 1. The highest BCUT2D eigenvalue weighted by Crippen LogP contribution is 2.37. The SMILES string of the molecule is COc1cc(N2CCC(Cc3ccc(N4N=C(C(F)(F)F)C(C)[C@@H]4CC=O)cc3)CC2)c(Cl)cn1. The Hall–Kier alpha value is -2.81. The van der Waals surface area contributed by atoms with Crippen molar-refractivity contribution in [3.63, 3.8) is 0 Å². The van der Waals surface area contributed by atoms with E-state index in [4.69, 9.17) is 16.3 Å². The lowest BCUT2D eigenvalue weighted by Crippen LogP contribution is -2.35. The molecule has 1 aromatic carbocycles. The normalized spacial score (nSPS) is 21.3. The number of nitrogens with zero attached hydrogens (tertiary/aromatic N) is 4. The predicted octanol–water partition coefficient (Wildman–Crippen LogP) is 5.53. The summed E-state index contributed by atoms with van der Waals surface area (Å²) in [4.78, 5) is 17.5. The summed E-state index contributed by atoms with van der Waals surface area (Å²) in [7, 11) is 1.58. The van der Waals surface area contributed by atoms with Crippen molar-refractivity contribution in [1.82, 2.24) is 4.98 Å². The topological polar surface area (TPSA) is 58.0 Å². The van der Waals surface area contributed by atoms with Crippen molar-refractivity contribution in [2.45, 2.75) is 44.8 Å². The Morgan fingerprint density at radius 1 is 1.20 bits per heavy atom. The number of halogens is 4. The number of rotatable bonds is 7. The van der Waals surface area contributed by atoms with Crippen LogP contribution in [0.5, 0.6) is 5.88 Å². The van der Waals surface area contributed by atoms with Crippen LogP contribution in [0.2, 0.25) is 5.02 Å². The molecule has 2 aliphatic heterocycles. The van der Waals surface area contributed by atoms with Crippen LogP contribution in [0, 0.1) is 11.8 Å². The van der Waals surface area contributed by atoms with Crippen molar-refractivity contribution in [3.05, 3.63) is 47.1 Å². The Balaban J connectivity index is 1.39. The number of piperidine rings is 1. The molecule has 0 amide bonds. The molecule has 4 rings (SSSR count). The van der Waals surface area contributed by atoms with E-state index in [1.54, 1.807) is 25.4 Å². The first kappa shape index (κ1) is 25.3. The van der Waals surface area contributed by atoms with E-state index < -0.39 is 23.8 Å². The van der Waals surface area contributed by atoms with Crippen LogP contribution in [0.4, 0.5) is 24.5 Å². The summed E-state index contributed by atoms with van der Waals surface area (Å²) in [6, 6.07) is 8.68. The lowest BCUT2D eigenvalue weighted by atomic mass is 9.90. The van der Waals surface area contributed by atoms with Crippen molar-refractivity contribution >= 4 is 35.0 Å². The van der Waals surface area contributed by atoms with Crippen LogP contribution in [0.15, 0.2) is 41.6 Å². The van der Waals surface area contributed by atoms with E-state index in [1.807, 2.05) is 18.2 Å². The molecule has 188 valence electrons. The fraction of sp³-hybridized carbons (Fsp3) is 0.480. The highest BCUT2D eigenvalue weighted by Gasteiger charge is 2.48. The van der Waals surface area contributed by atoms with Gasteiger partial charge in [-0.25, -0.2) is 4.98 Å². The molecule has 6 nitrogen and oxygen atoms in total. The average Bonchev–Trinajstić information content (AvgIpc) is 3.17. The summed E-state index contributed by atoms with van der Waals surface area (Å²) in [6.45, 7) is 3.20. The van der Waals surface area contributed by atoms with E-state index in [-0.39, 0.29) is 6.42 Å². The number of carbonyl (C=O) groups is 1. The fourth-order valence-electron chi connectivity index (χ4n) is 4.90. The van der Waals surface area contributed by atoms with Gasteiger partial charge in [0.05, 0.1) is 35.7 Å². The van der Waals surface area contributed by atoms with Crippen LogP contribution >= 0.6 is 11.6 Å². The van der Waals surface area contributed by atoms with E-state index in [0.717, 1.165) is 43.6 Å². The van der Waals surface area contributed by atoms with Gasteiger partial charge < -0.3 is 14.4 Å². The minimum atomic E-state index is -4.52. The van der Waals surface area contributed by atoms with Crippen molar-refractivity contribution < 1.29 is 22.7 Å². The van der Waals surface area contributed by atoms with Gasteiger partial charge in [0, 0.05) is 31.5 Å². The van der Waals surface area contributed by atoms with Gasteiger partial charge >= 0.3 is 6.18 Å². The zero-order valence-electron chi connectivity index (χ0n) is 19.6. The number of aldehydes is 1. The van der Waals surface area contributed by atoms with Gasteiger partial charge in [-0.1, -0.05) is 30.7 Å². The summed E-state index contributed by atoms with van der Waals surface area (Å²) in [5.74, 6) is 0.143. The highest BCUT2D eigenvalue weighted by atomic mass is 35.5. The van der Waals surface area contributed by atoms with Crippen molar-refractivity contribution in [3.8, 4) is 5.88 Å². The number of anilines is 2. The number of carbonyl (C=O) groups excluding carboxylic acids is 1. The predicted molar refractivity (Wildman–Crippen MR) is 130 cm³/mol. The molecule has 0 radical (unpaired) electrons. The second kappa shape index (κ2) is 10.4. The molecule has 0 aliphatic carbocycles. The first-order chi connectivity index (χ1) is 16.7. The number of hydrazone groups is 1. The van der Waals surface area contributed by atoms with E-state index >= 15 is 0 Å². The fourth-order valence-corrected chi connectivity index (χ4v) is 5.12. The summed E-state index contributed by atoms with van der Waals surface area (Å²) in [5.41, 5.74) is 1.76. The van der Waals surface area contributed by atoms with Crippen molar-refractivity contribution in [2.24, 2.45) is 16.9 Å². The van der Waals surface area contributed by atoms with Crippen molar-refractivity contribution in [2.75, 3.05) is 30.1 Å². The quantitative estimate of drug-likeness (QED) is 0.460. The van der Waals surface area contributed by atoms with Crippen LogP contribution in [-0.4, -0.2) is 49.4 Å². The number of alkyl halides is 3. The number of hydrogen-bond acceptors (Lipinski definition) is 6. The minimum Gasteiger partial charge on any atom is -0.481 e. The molecule has 35 heavy (non-hydrogen) atoms. The molecule has 1 unspecified atom stereocenters. The molecule has 10 heteroatoms. The number of hydrogen-bond donors (Lipinski definition) is 0. The standard InChI is InChI=1S/C25H28ClF3N4O2/c1-16-21(9-12-34)33(31-24(16)25(27,28)29)19-5-3-17(4-6-19)13-18-7-10-32(11-8-18)22-14-23(35-2)30-15-20(22)26/h3-6,12,14-16,18,21H,7-11,13H2,1-2H3/t16?,21-/m0/s1. The zero-order chi connectivity index (χ0) is 25.2. The molecule has 2 atom stereocenters. The maximum Gasteiger partial charge on any atom is 0.431 e. The van der Waals surface area contributed by atoms with Crippen LogP contribution < -0.4 is 14.6 Å². The van der Waals surface area contributed by atoms with E-state index in [2.05, 4.69) is 15.0 Å². The van der Waals surface area contributed by atoms with E-state index in [0.29, 0.717) is 28.8 Å². The molecule has 1 fully saturated rings. The highest BCUT2D eigenvalue weighted by molar-refractivity contribution is 6.33. The van der Waals surface area contributed by atoms with Crippen LogP contribution in [0.3, 0.4) is 0 Å². The number of benzene rings is 1. The lowest BCUT2D eigenvalue weighted by Gasteiger charge is -2.34. The molecule has 0 bridgehead atoms. The van der Waals surface area contributed by atoms with Gasteiger partial charge in [-0.3, -0.25) is 5.01 Å². The summed E-state index contributed by atoms with van der Waals surface area (Å²) < 4.78 is 45.3. The molecule has 2 aromatic rings. The molecule has 2 aliphatic rings. The molecule has 0 spiro atoms. The average molecular weight is 509 g/mol. The monoisotopic (exact) mass is 508 g/mol. The Labute approximate surface area is 207 Å². The van der Waals surface area contributed by atoms with Gasteiger partial charge in [0.15, 0.2) is 0 Å². The molecule has 3 heterocycles. The largest absolute Gasteiger partial charge is 0.481 e. The summed E-state index contributed by atoms with van der Waals surface area (Å²) >= 11 is 6.34. The number of methoxy groups -OCH3 is 1. The molecule has 0 saturated carbocycles. The van der Waals surface area contributed by atoms with Crippen LogP contribution in [-0.2, 0) is 11.2 Å². The number of pyridine rings is 1. The third-order valence-electron chi connectivity index (χ3n) is 6.87. The summed E-state index contributed by atoms with van der Waals surface area (Å²) in [6.07, 6.45) is 0.589. The van der Waals surface area contributed by atoms with Crippen LogP contribution in [0.1, 0.15) is 31.7 Å². The molecule has 1 saturated heterocycles. The molecular formula is C25H28ClF3N4O2. The van der Waals surface area contributed by atoms with Gasteiger partial charge in [0.1, 0.15) is 12.0 Å². The Morgan fingerprint density at radius 2 is 1.89 bits per heavy atom. The van der Waals surface area contributed by atoms with Gasteiger partial charge in [0.2, 0.25) is 5.88 Å². The zero-order valence-corrected chi connectivity index (χ0v) is 20.4. The smallest absolute Gasteiger partial charge is 0.431 e. The molecular weight excluding hydrogens is 481 g/mol. The molecule has 1 aromatic heterocycles. The lowest BCUT2D eigenvalue weighted by molar-refractivity contribution is -0.108. The van der Waals surface area contributed by atoms with Crippen LogP contribution in [0.25, 0.3) is 0 Å². The van der Waals surface area contributed by atoms with E-state index in [1.165, 1.54) is 11.9 Å². The Kier molecular flexibility index (Phi) is 7.54. The maximum absolute atomic E-state index is 13.4. The second-order valence-corrected chi connectivity index (χ2v) is 9.47. The third kappa shape index (κ3) is 5.55. The number of ether oxygens (including phenoxy) is 1. The van der Waals surface area contributed by atoms with E-state index in [9.17, 15) is 18.0 Å². The first-order valence-electron chi connectivity index (χ1n) is 11.6. The summed E-state index contributed by atoms with van der Waals surface area (Å²) in [5, 5.41) is 5.79. The Bertz CT molecular complexity index is 1070.